The predicted octanol–water partition coefficient (Wildman–Crippen LogP) is 4.44. The zero-order valence-corrected chi connectivity index (χ0v) is 13.2. The van der Waals surface area contributed by atoms with Crippen molar-refractivity contribution in [1.82, 2.24) is 9.78 Å². The van der Waals surface area contributed by atoms with Gasteiger partial charge in [-0.15, -0.1) is 0 Å². The minimum Gasteiger partial charge on any atom is -0.504 e. The highest BCUT2D eigenvalue weighted by Crippen LogP contribution is 2.37. The van der Waals surface area contributed by atoms with E-state index in [1.807, 2.05) is 29.8 Å². The lowest BCUT2D eigenvalue weighted by Gasteiger charge is -2.21. The van der Waals surface area contributed by atoms with Crippen LogP contribution in [0.25, 0.3) is 11.3 Å². The van der Waals surface area contributed by atoms with E-state index in [0.29, 0.717) is 11.6 Å². The molecule has 0 spiro atoms. The van der Waals surface area contributed by atoms with Gasteiger partial charge in [-0.25, -0.2) is 0 Å². The molecule has 1 aromatic heterocycles. The van der Waals surface area contributed by atoms with Crippen LogP contribution in [0.3, 0.4) is 0 Å². The Morgan fingerprint density at radius 1 is 1.15 bits per heavy atom. The van der Waals surface area contributed by atoms with E-state index >= 15 is 0 Å². The number of rotatable bonds is 2. The molecule has 2 aromatic rings. The fourth-order valence-electron chi connectivity index (χ4n) is 2.54. The van der Waals surface area contributed by atoms with Crippen molar-refractivity contribution in [1.29, 1.82) is 0 Å². The molecule has 3 nitrogen and oxygen atoms in total. The van der Waals surface area contributed by atoms with Crippen molar-refractivity contribution in [2.75, 3.05) is 0 Å². The quantitative estimate of drug-likeness (QED) is 0.877. The zero-order valence-electron chi connectivity index (χ0n) is 13.2. The molecule has 0 aliphatic heterocycles. The van der Waals surface area contributed by atoms with Crippen LogP contribution in [0.2, 0.25) is 0 Å². The zero-order chi connectivity index (χ0) is 15.1. The molecule has 0 saturated carbocycles. The highest BCUT2D eigenvalue weighted by Gasteiger charge is 2.24. The number of hydrogen-bond donors (Lipinski definition) is 1. The highest BCUT2D eigenvalue weighted by molar-refractivity contribution is 5.71. The number of aromatic hydroxyl groups is 1. The Morgan fingerprint density at radius 2 is 1.75 bits per heavy atom. The molecule has 0 atom stereocenters. The summed E-state index contributed by atoms with van der Waals surface area (Å²) in [5, 5.41) is 15.1. The minimum absolute atomic E-state index is 0.146. The molecule has 1 aromatic carbocycles. The van der Waals surface area contributed by atoms with Crippen molar-refractivity contribution >= 4 is 0 Å². The summed E-state index contributed by atoms with van der Waals surface area (Å²) in [4.78, 5) is 0. The largest absolute Gasteiger partial charge is 0.504 e. The van der Waals surface area contributed by atoms with Crippen LogP contribution < -0.4 is 0 Å². The lowest BCUT2D eigenvalue weighted by atomic mass is 9.95. The summed E-state index contributed by atoms with van der Waals surface area (Å²) < 4.78 is 1.90. The van der Waals surface area contributed by atoms with Gasteiger partial charge < -0.3 is 5.11 Å². The van der Waals surface area contributed by atoms with Crippen molar-refractivity contribution in [2.24, 2.45) is 0 Å². The standard InChI is InChI=1S/C17H24N2O/c1-11(2)13-9-7-8-10-14(13)15-16(20)12(3)19(18-15)17(4,5)6/h7-11,20H,1-6H3. The minimum atomic E-state index is -0.146. The van der Waals surface area contributed by atoms with Gasteiger partial charge in [0.25, 0.3) is 0 Å². The predicted molar refractivity (Wildman–Crippen MR) is 83.1 cm³/mol. The molecule has 0 radical (unpaired) electrons. The molecule has 1 N–H and O–H groups in total. The Morgan fingerprint density at radius 3 is 2.25 bits per heavy atom. The second-order valence-corrected chi connectivity index (χ2v) is 6.61. The maximum absolute atomic E-state index is 10.5. The monoisotopic (exact) mass is 272 g/mol. The van der Waals surface area contributed by atoms with E-state index in [2.05, 4.69) is 45.8 Å². The van der Waals surface area contributed by atoms with Gasteiger partial charge in [-0.3, -0.25) is 4.68 Å². The first-order valence-electron chi connectivity index (χ1n) is 7.12. The first kappa shape index (κ1) is 14.6. The van der Waals surface area contributed by atoms with Gasteiger partial charge in [0.15, 0.2) is 5.75 Å². The summed E-state index contributed by atoms with van der Waals surface area (Å²) in [7, 11) is 0. The average Bonchev–Trinajstić information content (AvgIpc) is 2.66. The Kier molecular flexibility index (Phi) is 3.63. The summed E-state index contributed by atoms with van der Waals surface area (Å²) in [6, 6.07) is 8.16. The molecule has 3 heteroatoms. The van der Waals surface area contributed by atoms with E-state index < -0.39 is 0 Å². The Balaban J connectivity index is 2.66. The third kappa shape index (κ3) is 2.45. The lowest BCUT2D eigenvalue weighted by molar-refractivity contribution is 0.345. The summed E-state index contributed by atoms with van der Waals surface area (Å²) in [6.45, 7) is 12.5. The van der Waals surface area contributed by atoms with Crippen LogP contribution in [0.1, 0.15) is 51.8 Å². The molecule has 108 valence electrons. The molecule has 0 aliphatic rings. The number of hydrogen-bond acceptors (Lipinski definition) is 2. The fraction of sp³-hybridized carbons (Fsp3) is 0.471. The van der Waals surface area contributed by atoms with Crippen molar-refractivity contribution in [3.8, 4) is 17.0 Å². The van der Waals surface area contributed by atoms with Crippen LogP contribution in [-0.2, 0) is 5.54 Å². The average molecular weight is 272 g/mol. The van der Waals surface area contributed by atoms with Gasteiger partial charge in [0, 0.05) is 5.56 Å². The van der Waals surface area contributed by atoms with E-state index in [-0.39, 0.29) is 11.3 Å². The van der Waals surface area contributed by atoms with Gasteiger partial charge in [-0.1, -0.05) is 38.1 Å². The van der Waals surface area contributed by atoms with Gasteiger partial charge in [-0.05, 0) is 39.2 Å². The van der Waals surface area contributed by atoms with Crippen LogP contribution in [0.15, 0.2) is 24.3 Å². The van der Waals surface area contributed by atoms with E-state index in [4.69, 9.17) is 0 Å². The van der Waals surface area contributed by atoms with Crippen LogP contribution in [0.5, 0.6) is 5.75 Å². The van der Waals surface area contributed by atoms with Gasteiger partial charge in [0.1, 0.15) is 5.69 Å². The Labute approximate surface area is 121 Å². The molecular weight excluding hydrogens is 248 g/mol. The van der Waals surface area contributed by atoms with Gasteiger partial charge in [0.2, 0.25) is 0 Å². The van der Waals surface area contributed by atoms with Crippen LogP contribution in [-0.4, -0.2) is 14.9 Å². The fourth-order valence-corrected chi connectivity index (χ4v) is 2.54. The summed E-state index contributed by atoms with van der Waals surface area (Å²) >= 11 is 0. The normalized spacial score (nSPS) is 12.2. The number of nitrogens with zero attached hydrogens (tertiary/aromatic N) is 2. The third-order valence-corrected chi connectivity index (χ3v) is 3.56. The maximum Gasteiger partial charge on any atom is 0.164 e. The molecule has 0 aliphatic carbocycles. The van der Waals surface area contributed by atoms with Crippen molar-refractivity contribution < 1.29 is 5.11 Å². The summed E-state index contributed by atoms with van der Waals surface area (Å²) in [5.41, 5.74) is 3.58. The van der Waals surface area contributed by atoms with Crippen molar-refractivity contribution in [3.05, 3.63) is 35.5 Å². The van der Waals surface area contributed by atoms with E-state index in [1.165, 1.54) is 5.56 Å². The maximum atomic E-state index is 10.5. The smallest absolute Gasteiger partial charge is 0.164 e. The second kappa shape index (κ2) is 4.97. The van der Waals surface area contributed by atoms with Gasteiger partial charge in [0.05, 0.1) is 11.2 Å². The SMILES string of the molecule is Cc1c(O)c(-c2ccccc2C(C)C)nn1C(C)(C)C. The van der Waals surface area contributed by atoms with Crippen LogP contribution in [0.4, 0.5) is 0 Å². The first-order valence-corrected chi connectivity index (χ1v) is 7.12. The second-order valence-electron chi connectivity index (χ2n) is 6.61. The highest BCUT2D eigenvalue weighted by atomic mass is 16.3. The van der Waals surface area contributed by atoms with Crippen molar-refractivity contribution in [3.63, 3.8) is 0 Å². The van der Waals surface area contributed by atoms with Gasteiger partial charge >= 0.3 is 0 Å². The lowest BCUT2D eigenvalue weighted by Crippen LogP contribution is -2.24. The Bertz CT molecular complexity index is 618. The molecule has 0 bridgehead atoms. The van der Waals surface area contributed by atoms with Crippen molar-refractivity contribution in [2.45, 2.75) is 53.0 Å². The van der Waals surface area contributed by atoms with Gasteiger partial charge in [-0.2, -0.15) is 5.10 Å². The van der Waals surface area contributed by atoms with Crippen LogP contribution >= 0.6 is 0 Å². The van der Waals surface area contributed by atoms with E-state index in [1.54, 1.807) is 0 Å². The molecule has 20 heavy (non-hydrogen) atoms. The molecule has 1 heterocycles. The molecule has 0 amide bonds. The Hall–Kier alpha value is -1.77. The number of aromatic nitrogens is 2. The van der Waals surface area contributed by atoms with E-state index in [0.717, 1.165) is 11.3 Å². The summed E-state index contributed by atoms with van der Waals surface area (Å²) in [5.74, 6) is 0.679. The molecule has 0 unspecified atom stereocenters. The molecule has 2 rings (SSSR count). The summed E-state index contributed by atoms with van der Waals surface area (Å²) in [6.07, 6.45) is 0. The molecule has 0 saturated heterocycles. The van der Waals surface area contributed by atoms with E-state index in [9.17, 15) is 5.11 Å². The first-order chi connectivity index (χ1) is 9.23. The third-order valence-electron chi connectivity index (χ3n) is 3.56. The molecular formula is C17H24N2O. The topological polar surface area (TPSA) is 38.1 Å². The van der Waals surface area contributed by atoms with Crippen LogP contribution in [0, 0.1) is 6.92 Å². The number of benzene rings is 1. The molecule has 0 fully saturated rings.